The zero-order chi connectivity index (χ0) is 28.5. The summed E-state index contributed by atoms with van der Waals surface area (Å²) in [5.74, 6) is -1.59. The Morgan fingerprint density at radius 3 is 2.36 bits per heavy atom. The molecular formula is C28H29Cl2N3O6. The van der Waals surface area contributed by atoms with Gasteiger partial charge in [0.05, 0.1) is 4.92 Å². The summed E-state index contributed by atoms with van der Waals surface area (Å²) in [7, 11) is 1.83. The van der Waals surface area contributed by atoms with Gasteiger partial charge in [-0.05, 0) is 48.4 Å². The number of nitro groups is 1. The van der Waals surface area contributed by atoms with Crippen molar-refractivity contribution in [1.29, 1.82) is 0 Å². The largest absolute Gasteiger partial charge is 0.489 e. The first-order chi connectivity index (χ1) is 18.6. The molecule has 0 radical (unpaired) electrons. The summed E-state index contributed by atoms with van der Waals surface area (Å²) in [4.78, 5) is 37.8. The van der Waals surface area contributed by atoms with Crippen molar-refractivity contribution >= 4 is 46.5 Å². The Balaban J connectivity index is 1.71. The molecule has 0 aliphatic carbocycles. The second kappa shape index (κ2) is 13.8. The van der Waals surface area contributed by atoms with Crippen LogP contribution in [0, 0.1) is 10.1 Å². The van der Waals surface area contributed by atoms with E-state index in [1.165, 1.54) is 12.1 Å². The van der Waals surface area contributed by atoms with E-state index in [0.717, 1.165) is 12.8 Å². The summed E-state index contributed by atoms with van der Waals surface area (Å²) in [5, 5.41) is 24.7. The van der Waals surface area contributed by atoms with Crippen LogP contribution in [0.4, 0.5) is 11.4 Å². The van der Waals surface area contributed by atoms with E-state index in [4.69, 9.17) is 27.9 Å². The lowest BCUT2D eigenvalue weighted by Crippen LogP contribution is -2.42. The molecule has 3 aromatic carbocycles. The number of unbranched alkanes of at least 4 members (excludes halogenated alkanes) is 1. The number of amides is 1. The lowest BCUT2D eigenvalue weighted by atomic mass is 10.0. The predicted octanol–water partition coefficient (Wildman–Crippen LogP) is 6.14. The van der Waals surface area contributed by atoms with Crippen molar-refractivity contribution in [2.75, 3.05) is 18.5 Å². The van der Waals surface area contributed by atoms with Crippen LogP contribution in [0.3, 0.4) is 0 Å². The van der Waals surface area contributed by atoms with Gasteiger partial charge in [-0.15, -0.1) is 0 Å². The highest BCUT2D eigenvalue weighted by atomic mass is 35.5. The molecule has 11 heteroatoms. The maximum atomic E-state index is 13.1. The normalized spacial score (nSPS) is 11.5. The fourth-order valence-electron chi connectivity index (χ4n) is 3.85. The molecule has 0 saturated carbocycles. The fourth-order valence-corrected chi connectivity index (χ4v) is 4.35. The van der Waals surface area contributed by atoms with Crippen LogP contribution in [-0.4, -0.2) is 41.5 Å². The van der Waals surface area contributed by atoms with E-state index in [1.807, 2.05) is 18.9 Å². The molecule has 0 fully saturated rings. The highest BCUT2D eigenvalue weighted by Crippen LogP contribution is 2.27. The van der Waals surface area contributed by atoms with Crippen LogP contribution in [0.2, 0.25) is 10.0 Å². The van der Waals surface area contributed by atoms with E-state index in [0.29, 0.717) is 39.2 Å². The number of carboxylic acid groups (broad SMARTS) is 1. The Kier molecular flexibility index (Phi) is 10.5. The SMILES string of the molecule is CCCCN(C)c1ccc([N+](=O)[O-])c(C(=O)NC(Cc2ccc(OCc3c(Cl)cccc3Cl)cc2)C(=O)O)c1. The average molecular weight is 574 g/mol. The molecule has 0 heterocycles. The molecule has 206 valence electrons. The van der Waals surface area contributed by atoms with Crippen LogP contribution in [0.25, 0.3) is 0 Å². The van der Waals surface area contributed by atoms with E-state index >= 15 is 0 Å². The van der Waals surface area contributed by atoms with Gasteiger partial charge in [0.2, 0.25) is 0 Å². The minimum absolute atomic E-state index is 0.0401. The number of hydrogen-bond acceptors (Lipinski definition) is 6. The number of nitrogens with one attached hydrogen (secondary N) is 1. The highest BCUT2D eigenvalue weighted by Gasteiger charge is 2.26. The van der Waals surface area contributed by atoms with E-state index in [1.54, 1.807) is 48.5 Å². The summed E-state index contributed by atoms with van der Waals surface area (Å²) < 4.78 is 5.75. The van der Waals surface area contributed by atoms with Crippen molar-refractivity contribution in [3.8, 4) is 5.75 Å². The van der Waals surface area contributed by atoms with Gasteiger partial charge >= 0.3 is 5.97 Å². The summed E-state index contributed by atoms with van der Waals surface area (Å²) in [6, 6.07) is 14.8. The molecule has 0 saturated heterocycles. The number of benzene rings is 3. The number of carboxylic acids is 1. The number of nitro benzene ring substituents is 1. The highest BCUT2D eigenvalue weighted by molar-refractivity contribution is 6.35. The smallest absolute Gasteiger partial charge is 0.326 e. The predicted molar refractivity (Wildman–Crippen MR) is 151 cm³/mol. The second-order valence-corrected chi connectivity index (χ2v) is 9.75. The third kappa shape index (κ3) is 8.08. The third-order valence-corrected chi connectivity index (χ3v) is 6.83. The Bertz CT molecular complexity index is 1310. The summed E-state index contributed by atoms with van der Waals surface area (Å²) in [5.41, 5.74) is 1.29. The first-order valence-corrected chi connectivity index (χ1v) is 13.0. The summed E-state index contributed by atoms with van der Waals surface area (Å²) >= 11 is 12.3. The van der Waals surface area contributed by atoms with E-state index in [9.17, 15) is 24.8 Å². The molecule has 0 aliphatic heterocycles. The van der Waals surface area contributed by atoms with Gasteiger partial charge in [-0.3, -0.25) is 14.9 Å². The van der Waals surface area contributed by atoms with Gasteiger partial charge < -0.3 is 20.1 Å². The Hall–Kier alpha value is -3.82. The standard InChI is InChI=1S/C28H29Cl2N3O6/c1-3-4-14-32(2)19-10-13-26(33(37)38)21(16-19)27(34)31-25(28(35)36)15-18-8-11-20(12-9-18)39-17-22-23(29)6-5-7-24(22)30/h5-13,16,25H,3-4,14-15,17H2,1-2H3,(H,31,34)(H,35,36). The number of halogens is 2. The van der Waals surface area contributed by atoms with Crippen molar-refractivity contribution in [3.63, 3.8) is 0 Å². The van der Waals surface area contributed by atoms with Gasteiger partial charge in [0, 0.05) is 47.4 Å². The summed E-state index contributed by atoms with van der Waals surface area (Å²) in [6.45, 7) is 2.90. The van der Waals surface area contributed by atoms with Crippen molar-refractivity contribution in [2.24, 2.45) is 0 Å². The number of carbonyl (C=O) groups is 2. The minimum atomic E-state index is -1.31. The van der Waals surface area contributed by atoms with Crippen molar-refractivity contribution in [2.45, 2.75) is 38.8 Å². The Labute approximate surface area is 236 Å². The average Bonchev–Trinajstić information content (AvgIpc) is 2.91. The number of ether oxygens (including phenoxy) is 1. The van der Waals surface area contributed by atoms with Crippen molar-refractivity contribution in [1.82, 2.24) is 5.32 Å². The Morgan fingerprint density at radius 2 is 1.77 bits per heavy atom. The monoisotopic (exact) mass is 573 g/mol. The molecule has 0 aromatic heterocycles. The van der Waals surface area contributed by atoms with Gasteiger partial charge in [0.15, 0.2) is 0 Å². The topological polar surface area (TPSA) is 122 Å². The molecular weight excluding hydrogens is 545 g/mol. The Morgan fingerprint density at radius 1 is 1.10 bits per heavy atom. The number of nitrogens with zero attached hydrogens (tertiary/aromatic N) is 2. The van der Waals surface area contributed by atoms with E-state index in [-0.39, 0.29) is 18.6 Å². The van der Waals surface area contributed by atoms with Gasteiger partial charge in [-0.1, -0.05) is 54.7 Å². The maximum absolute atomic E-state index is 13.1. The zero-order valence-corrected chi connectivity index (χ0v) is 23.0. The second-order valence-electron chi connectivity index (χ2n) is 8.93. The van der Waals surface area contributed by atoms with Crippen LogP contribution in [0.1, 0.15) is 41.3 Å². The number of aliphatic carboxylic acids is 1. The lowest BCUT2D eigenvalue weighted by Gasteiger charge is -2.20. The molecule has 3 aromatic rings. The van der Waals surface area contributed by atoms with E-state index < -0.39 is 28.5 Å². The van der Waals surface area contributed by atoms with Gasteiger partial charge in [-0.2, -0.15) is 0 Å². The van der Waals surface area contributed by atoms with Crippen LogP contribution in [0.15, 0.2) is 60.7 Å². The minimum Gasteiger partial charge on any atom is -0.489 e. The molecule has 0 aliphatic rings. The van der Waals surface area contributed by atoms with Gasteiger partial charge in [-0.25, -0.2) is 4.79 Å². The van der Waals surface area contributed by atoms with E-state index in [2.05, 4.69) is 5.32 Å². The first-order valence-electron chi connectivity index (χ1n) is 12.3. The van der Waals surface area contributed by atoms with Crippen LogP contribution < -0.4 is 15.0 Å². The molecule has 3 rings (SSSR count). The molecule has 9 nitrogen and oxygen atoms in total. The summed E-state index contributed by atoms with van der Waals surface area (Å²) in [6.07, 6.45) is 1.84. The first kappa shape index (κ1) is 29.7. The number of anilines is 1. The lowest BCUT2D eigenvalue weighted by molar-refractivity contribution is -0.385. The van der Waals surface area contributed by atoms with Crippen LogP contribution >= 0.6 is 23.2 Å². The van der Waals surface area contributed by atoms with Gasteiger partial charge in [0.25, 0.3) is 11.6 Å². The van der Waals surface area contributed by atoms with Crippen molar-refractivity contribution < 1.29 is 24.4 Å². The maximum Gasteiger partial charge on any atom is 0.326 e. The van der Waals surface area contributed by atoms with Crippen LogP contribution in [-0.2, 0) is 17.8 Å². The number of hydrogen-bond donors (Lipinski definition) is 2. The third-order valence-electron chi connectivity index (χ3n) is 6.12. The van der Waals surface area contributed by atoms with Crippen LogP contribution in [0.5, 0.6) is 5.75 Å². The molecule has 1 atom stereocenters. The molecule has 2 N–H and O–H groups in total. The molecule has 39 heavy (non-hydrogen) atoms. The number of carbonyl (C=O) groups excluding carboxylic acids is 1. The number of rotatable bonds is 13. The zero-order valence-electron chi connectivity index (χ0n) is 21.5. The van der Waals surface area contributed by atoms with Crippen molar-refractivity contribution in [3.05, 3.63) is 97.5 Å². The molecule has 1 unspecified atom stereocenters. The fraction of sp³-hybridized carbons (Fsp3) is 0.286. The molecule has 0 spiro atoms. The molecule has 1 amide bonds. The van der Waals surface area contributed by atoms with Gasteiger partial charge in [0.1, 0.15) is 24.0 Å². The molecule has 0 bridgehead atoms. The quantitative estimate of drug-likeness (QED) is 0.186.